The zero-order valence-corrected chi connectivity index (χ0v) is 14.3. The average molecular weight is 343 g/mol. The first-order valence-electron chi connectivity index (χ1n) is 8.37. The third kappa shape index (κ3) is 2.36. The van der Waals surface area contributed by atoms with E-state index in [2.05, 4.69) is 4.90 Å². The largest absolute Gasteiger partial charge is 0.383 e. The fraction of sp³-hybridized carbons (Fsp3) is 0.471. The van der Waals surface area contributed by atoms with Crippen LogP contribution in [-0.4, -0.2) is 85.2 Å². The van der Waals surface area contributed by atoms with Gasteiger partial charge in [-0.3, -0.25) is 9.69 Å². The number of para-hydroxylation sites is 1. The van der Waals surface area contributed by atoms with Crippen LogP contribution in [0.4, 0.5) is 10.5 Å². The number of carbonyl (C=O) groups excluding carboxylic acids is 2. The standard InChI is InChI=1S/C17H21N5O3/c1-19-14-13(15(23)22(17(19)24)10-11-25-2)21-9-8-20(16(21)18-14)12-6-4-3-5-7-12/h3-7,13-14H,8-11H2,1-2H3. The first-order valence-corrected chi connectivity index (χ1v) is 8.37. The molecule has 0 radical (unpaired) electrons. The predicted octanol–water partition coefficient (Wildman–Crippen LogP) is 0.413. The fourth-order valence-electron chi connectivity index (χ4n) is 3.68. The van der Waals surface area contributed by atoms with Crippen molar-refractivity contribution in [3.8, 4) is 0 Å². The van der Waals surface area contributed by atoms with Crippen LogP contribution in [0.3, 0.4) is 0 Å². The van der Waals surface area contributed by atoms with Crippen LogP contribution in [0.25, 0.3) is 0 Å². The van der Waals surface area contributed by atoms with E-state index in [1.54, 1.807) is 19.1 Å². The lowest BCUT2D eigenvalue weighted by molar-refractivity contribution is -0.137. The number of carbonyl (C=O) groups is 2. The molecule has 8 heteroatoms. The molecule has 3 aliphatic rings. The number of amides is 3. The van der Waals surface area contributed by atoms with Gasteiger partial charge in [0.15, 0.2) is 12.2 Å². The summed E-state index contributed by atoms with van der Waals surface area (Å²) in [5.74, 6) is 0.571. The molecule has 1 aromatic rings. The van der Waals surface area contributed by atoms with E-state index in [1.807, 2.05) is 35.2 Å². The Hall–Kier alpha value is -2.61. The molecule has 0 spiro atoms. The number of rotatable bonds is 4. The van der Waals surface area contributed by atoms with Gasteiger partial charge in [0, 0.05) is 32.9 Å². The maximum absolute atomic E-state index is 12.9. The second-order valence-electron chi connectivity index (χ2n) is 6.34. The number of methoxy groups -OCH3 is 1. The number of nitrogens with zero attached hydrogens (tertiary/aromatic N) is 5. The quantitative estimate of drug-likeness (QED) is 0.792. The molecule has 3 amide bonds. The van der Waals surface area contributed by atoms with Gasteiger partial charge in [-0.05, 0) is 12.1 Å². The van der Waals surface area contributed by atoms with Gasteiger partial charge in [0.2, 0.25) is 5.96 Å². The zero-order valence-electron chi connectivity index (χ0n) is 14.3. The van der Waals surface area contributed by atoms with Crippen molar-refractivity contribution in [3.05, 3.63) is 30.3 Å². The highest BCUT2D eigenvalue weighted by molar-refractivity contribution is 6.07. The summed E-state index contributed by atoms with van der Waals surface area (Å²) in [6.45, 7) is 2.07. The summed E-state index contributed by atoms with van der Waals surface area (Å²) in [6, 6.07) is 9.20. The summed E-state index contributed by atoms with van der Waals surface area (Å²) in [4.78, 5) is 37.1. The topological polar surface area (TPSA) is 68.7 Å². The number of guanidine groups is 1. The molecule has 0 aliphatic carbocycles. The van der Waals surface area contributed by atoms with Crippen LogP contribution in [-0.2, 0) is 9.53 Å². The Morgan fingerprint density at radius 1 is 1.20 bits per heavy atom. The maximum Gasteiger partial charge on any atom is 0.328 e. The second-order valence-corrected chi connectivity index (χ2v) is 6.34. The Balaban J connectivity index is 1.64. The number of aliphatic imine (C=N–C) groups is 1. The van der Waals surface area contributed by atoms with E-state index in [1.165, 1.54) is 4.90 Å². The number of anilines is 1. The van der Waals surface area contributed by atoms with E-state index in [0.29, 0.717) is 13.2 Å². The molecule has 0 bridgehead atoms. The first kappa shape index (κ1) is 15.9. The molecule has 2 unspecified atom stereocenters. The molecule has 25 heavy (non-hydrogen) atoms. The van der Waals surface area contributed by atoms with Gasteiger partial charge in [-0.25, -0.2) is 9.79 Å². The lowest BCUT2D eigenvalue weighted by Crippen LogP contribution is -2.65. The number of imide groups is 1. The summed E-state index contributed by atoms with van der Waals surface area (Å²) in [5, 5.41) is 0. The molecular weight excluding hydrogens is 322 g/mol. The van der Waals surface area contributed by atoms with Crippen molar-refractivity contribution in [3.63, 3.8) is 0 Å². The van der Waals surface area contributed by atoms with Gasteiger partial charge < -0.3 is 19.4 Å². The molecule has 1 aromatic carbocycles. The molecule has 2 saturated heterocycles. The minimum absolute atomic E-state index is 0.196. The highest BCUT2D eigenvalue weighted by atomic mass is 16.5. The second kappa shape index (κ2) is 6.03. The van der Waals surface area contributed by atoms with Crippen LogP contribution < -0.4 is 4.90 Å². The van der Waals surface area contributed by atoms with Crippen molar-refractivity contribution in [1.82, 2.24) is 14.7 Å². The molecule has 8 nitrogen and oxygen atoms in total. The highest BCUT2D eigenvalue weighted by Crippen LogP contribution is 2.33. The van der Waals surface area contributed by atoms with Gasteiger partial charge in [-0.2, -0.15) is 0 Å². The molecule has 2 atom stereocenters. The Bertz CT molecular complexity index is 722. The number of ether oxygens (including phenoxy) is 1. The van der Waals surface area contributed by atoms with Crippen molar-refractivity contribution in [1.29, 1.82) is 0 Å². The summed E-state index contributed by atoms with van der Waals surface area (Å²) in [7, 11) is 3.26. The average Bonchev–Trinajstić information content (AvgIpc) is 3.20. The van der Waals surface area contributed by atoms with Crippen LogP contribution in [0.15, 0.2) is 35.3 Å². The van der Waals surface area contributed by atoms with Crippen LogP contribution in [0.2, 0.25) is 0 Å². The Labute approximate surface area is 146 Å². The van der Waals surface area contributed by atoms with Crippen LogP contribution in [0.5, 0.6) is 0 Å². The molecule has 0 N–H and O–H groups in total. The molecule has 3 aliphatic heterocycles. The first-order chi connectivity index (χ1) is 12.1. The lowest BCUT2D eigenvalue weighted by atomic mass is 10.1. The Morgan fingerprint density at radius 3 is 2.68 bits per heavy atom. The normalized spacial score (nSPS) is 25.4. The SMILES string of the molecule is COCCN1C(=O)C2C(N=C3N(c4ccccc4)CCN32)N(C)C1=O. The number of urea groups is 1. The van der Waals surface area contributed by atoms with Crippen LogP contribution >= 0.6 is 0 Å². The Morgan fingerprint density at radius 2 is 1.96 bits per heavy atom. The van der Waals surface area contributed by atoms with Gasteiger partial charge in [0.25, 0.3) is 5.91 Å². The summed E-state index contributed by atoms with van der Waals surface area (Å²) < 4.78 is 5.03. The van der Waals surface area contributed by atoms with Crippen molar-refractivity contribution in [2.45, 2.75) is 12.2 Å². The molecule has 2 fully saturated rings. The van der Waals surface area contributed by atoms with Crippen molar-refractivity contribution in [2.24, 2.45) is 4.99 Å². The zero-order chi connectivity index (χ0) is 17.6. The van der Waals surface area contributed by atoms with E-state index >= 15 is 0 Å². The van der Waals surface area contributed by atoms with Gasteiger partial charge in [-0.15, -0.1) is 0 Å². The predicted molar refractivity (Wildman–Crippen MR) is 92.3 cm³/mol. The fourth-order valence-corrected chi connectivity index (χ4v) is 3.68. The lowest BCUT2D eigenvalue weighted by Gasteiger charge is -2.40. The molecule has 4 rings (SSSR count). The summed E-state index contributed by atoms with van der Waals surface area (Å²) >= 11 is 0. The van der Waals surface area contributed by atoms with Gasteiger partial charge in [0.1, 0.15) is 0 Å². The van der Waals surface area contributed by atoms with Crippen LogP contribution in [0.1, 0.15) is 0 Å². The number of fused-ring (bicyclic) bond motifs is 3. The van der Waals surface area contributed by atoms with Crippen molar-refractivity contribution < 1.29 is 14.3 Å². The minimum atomic E-state index is -0.472. The van der Waals surface area contributed by atoms with Gasteiger partial charge in [-0.1, -0.05) is 18.2 Å². The monoisotopic (exact) mass is 343 g/mol. The number of hydrogen-bond acceptors (Lipinski definition) is 6. The summed E-state index contributed by atoms with van der Waals surface area (Å²) in [5.41, 5.74) is 1.04. The van der Waals surface area contributed by atoms with E-state index in [0.717, 1.165) is 18.2 Å². The highest BCUT2D eigenvalue weighted by Gasteiger charge is 2.54. The van der Waals surface area contributed by atoms with Crippen LogP contribution in [0, 0.1) is 0 Å². The number of hydrogen-bond donors (Lipinski definition) is 0. The van der Waals surface area contributed by atoms with E-state index in [4.69, 9.17) is 9.73 Å². The van der Waals surface area contributed by atoms with Gasteiger partial charge in [0.05, 0.1) is 13.2 Å². The molecule has 0 aromatic heterocycles. The smallest absolute Gasteiger partial charge is 0.328 e. The Kier molecular flexibility index (Phi) is 3.84. The van der Waals surface area contributed by atoms with Crippen molar-refractivity contribution >= 4 is 23.6 Å². The third-order valence-electron chi connectivity index (χ3n) is 4.96. The molecule has 0 saturated carbocycles. The van der Waals surface area contributed by atoms with E-state index in [-0.39, 0.29) is 18.5 Å². The number of likely N-dealkylation sites (N-methyl/N-ethyl adjacent to an activating group) is 1. The van der Waals surface area contributed by atoms with E-state index in [9.17, 15) is 9.59 Å². The van der Waals surface area contributed by atoms with Crippen molar-refractivity contribution in [2.75, 3.05) is 45.3 Å². The third-order valence-corrected chi connectivity index (χ3v) is 4.96. The number of benzene rings is 1. The van der Waals surface area contributed by atoms with Gasteiger partial charge >= 0.3 is 6.03 Å². The molecule has 132 valence electrons. The maximum atomic E-state index is 12.9. The van der Waals surface area contributed by atoms with E-state index < -0.39 is 12.2 Å². The molecule has 3 heterocycles. The summed E-state index contributed by atoms with van der Waals surface area (Å²) in [6.07, 6.45) is -0.472. The minimum Gasteiger partial charge on any atom is -0.383 e. The molecular formula is C17H21N5O3.